The lowest BCUT2D eigenvalue weighted by Crippen LogP contribution is -2.08. The van der Waals surface area contributed by atoms with Gasteiger partial charge in [0.2, 0.25) is 0 Å². The van der Waals surface area contributed by atoms with E-state index in [1.54, 1.807) is 19.9 Å². The van der Waals surface area contributed by atoms with E-state index in [0.717, 1.165) is 0 Å². The molecular formula is C19H20O3. The van der Waals surface area contributed by atoms with Gasteiger partial charge in [-0.3, -0.25) is 0 Å². The van der Waals surface area contributed by atoms with Crippen LogP contribution in [0.3, 0.4) is 0 Å². The van der Waals surface area contributed by atoms with E-state index in [2.05, 4.69) is 6.58 Å². The van der Waals surface area contributed by atoms with Crippen LogP contribution in [0.2, 0.25) is 0 Å². The Morgan fingerprint density at radius 3 is 2.14 bits per heavy atom. The Hall–Kier alpha value is -2.81. The van der Waals surface area contributed by atoms with Gasteiger partial charge in [0.15, 0.2) is 0 Å². The predicted molar refractivity (Wildman–Crippen MR) is 89.7 cm³/mol. The van der Waals surface area contributed by atoms with Gasteiger partial charge in [-0.25, -0.2) is 4.79 Å². The second-order valence-corrected chi connectivity index (χ2v) is 4.47. The molecule has 3 nitrogen and oxygen atoms in total. The fourth-order valence-electron chi connectivity index (χ4n) is 1.41. The summed E-state index contributed by atoms with van der Waals surface area (Å²) in [5, 5.41) is 8.99. The molecule has 22 heavy (non-hydrogen) atoms. The second kappa shape index (κ2) is 9.19. The number of hydrogen-bond acceptors (Lipinski definition) is 3. The predicted octanol–water partition coefficient (Wildman–Crippen LogP) is 4.59. The van der Waals surface area contributed by atoms with Crippen molar-refractivity contribution >= 4 is 12.0 Å². The van der Waals surface area contributed by atoms with Crippen molar-refractivity contribution in [2.75, 3.05) is 0 Å². The molecule has 0 saturated carbocycles. The highest BCUT2D eigenvalue weighted by atomic mass is 16.5. The largest absolute Gasteiger partial charge is 0.508 e. The Morgan fingerprint density at radius 1 is 1.09 bits per heavy atom. The fourth-order valence-corrected chi connectivity index (χ4v) is 1.41. The average Bonchev–Trinajstić information content (AvgIpc) is 2.57. The van der Waals surface area contributed by atoms with Gasteiger partial charge in [-0.05, 0) is 43.7 Å². The summed E-state index contributed by atoms with van der Waals surface area (Å²) in [6.45, 7) is 7.09. The lowest BCUT2D eigenvalue weighted by Gasteiger charge is -2.03. The van der Waals surface area contributed by atoms with E-state index >= 15 is 0 Å². The molecule has 0 amide bonds. The monoisotopic (exact) mass is 296 g/mol. The van der Waals surface area contributed by atoms with E-state index < -0.39 is 0 Å². The van der Waals surface area contributed by atoms with Crippen LogP contribution in [0.5, 0.6) is 11.5 Å². The zero-order chi connectivity index (χ0) is 16.4. The minimum Gasteiger partial charge on any atom is -0.508 e. The second-order valence-electron chi connectivity index (χ2n) is 4.47. The third kappa shape index (κ3) is 6.09. The summed E-state index contributed by atoms with van der Waals surface area (Å²) >= 11 is 0. The fraction of sp³-hybridized carbons (Fsp3) is 0.105. The van der Waals surface area contributed by atoms with Crippen molar-refractivity contribution in [3.05, 3.63) is 78.4 Å². The molecule has 0 fully saturated rings. The Morgan fingerprint density at radius 2 is 1.68 bits per heavy atom. The SMILES string of the molecule is C=Cc1ccccc1.CC=C(C)C(=O)Oc1ccc(O)cc1. The smallest absolute Gasteiger partial charge is 0.338 e. The third-order valence-electron chi connectivity index (χ3n) is 2.84. The minimum absolute atomic E-state index is 0.146. The summed E-state index contributed by atoms with van der Waals surface area (Å²) < 4.78 is 5.00. The molecule has 0 saturated heterocycles. The van der Waals surface area contributed by atoms with Crippen molar-refractivity contribution in [1.29, 1.82) is 0 Å². The molecule has 114 valence electrons. The van der Waals surface area contributed by atoms with Crippen LogP contribution in [0.4, 0.5) is 0 Å². The molecule has 0 aromatic heterocycles. The lowest BCUT2D eigenvalue weighted by molar-refractivity contribution is -0.130. The van der Waals surface area contributed by atoms with E-state index in [4.69, 9.17) is 9.84 Å². The number of phenols is 1. The maximum atomic E-state index is 11.3. The lowest BCUT2D eigenvalue weighted by atomic mass is 10.2. The zero-order valence-electron chi connectivity index (χ0n) is 12.8. The maximum absolute atomic E-state index is 11.3. The van der Waals surface area contributed by atoms with Crippen LogP contribution >= 0.6 is 0 Å². The molecule has 2 aromatic rings. The normalized spacial score (nSPS) is 10.2. The number of benzene rings is 2. The molecule has 0 aliphatic rings. The number of ether oxygens (including phenoxy) is 1. The van der Waals surface area contributed by atoms with Gasteiger partial charge in [-0.15, -0.1) is 0 Å². The van der Waals surface area contributed by atoms with Crippen LogP contribution in [-0.4, -0.2) is 11.1 Å². The Labute approximate surface area is 131 Å². The van der Waals surface area contributed by atoms with Crippen molar-refractivity contribution in [2.24, 2.45) is 0 Å². The summed E-state index contributed by atoms with van der Waals surface area (Å²) in [5.74, 6) is 0.194. The molecular weight excluding hydrogens is 276 g/mol. The quantitative estimate of drug-likeness (QED) is 0.512. The summed E-state index contributed by atoms with van der Waals surface area (Å²) in [7, 11) is 0. The first kappa shape index (κ1) is 17.2. The molecule has 0 radical (unpaired) electrons. The van der Waals surface area contributed by atoms with Crippen LogP contribution in [-0.2, 0) is 4.79 Å². The molecule has 2 rings (SSSR count). The summed E-state index contributed by atoms with van der Waals surface area (Å²) in [6.07, 6.45) is 3.52. The number of esters is 1. The molecule has 1 N–H and O–H groups in total. The first-order valence-corrected chi connectivity index (χ1v) is 6.88. The van der Waals surface area contributed by atoms with Gasteiger partial charge in [0.1, 0.15) is 11.5 Å². The van der Waals surface area contributed by atoms with Gasteiger partial charge in [0.05, 0.1) is 0 Å². The van der Waals surface area contributed by atoms with Crippen molar-refractivity contribution in [1.82, 2.24) is 0 Å². The van der Waals surface area contributed by atoms with Gasteiger partial charge in [0.25, 0.3) is 0 Å². The van der Waals surface area contributed by atoms with Crippen molar-refractivity contribution in [3.8, 4) is 11.5 Å². The van der Waals surface area contributed by atoms with Crippen LogP contribution < -0.4 is 4.74 Å². The van der Waals surface area contributed by atoms with Crippen LogP contribution in [0.15, 0.2) is 72.8 Å². The highest BCUT2D eigenvalue weighted by Gasteiger charge is 2.05. The first-order chi connectivity index (χ1) is 10.6. The van der Waals surface area contributed by atoms with Gasteiger partial charge >= 0.3 is 5.97 Å². The van der Waals surface area contributed by atoms with E-state index in [-0.39, 0.29) is 11.7 Å². The standard InChI is InChI=1S/C11H12O3.C8H8/c1-3-8(2)11(13)14-10-6-4-9(12)5-7-10;1-2-8-6-4-3-5-7-8/h3-7,12H,1-2H3;2-7H,1H2. The summed E-state index contributed by atoms with van der Waals surface area (Å²) in [4.78, 5) is 11.3. The van der Waals surface area contributed by atoms with Gasteiger partial charge in [-0.1, -0.05) is 49.1 Å². The highest BCUT2D eigenvalue weighted by Crippen LogP contribution is 2.16. The summed E-state index contributed by atoms with van der Waals surface area (Å²) in [6, 6.07) is 16.0. The summed E-state index contributed by atoms with van der Waals surface area (Å²) in [5.41, 5.74) is 1.73. The number of carbonyl (C=O) groups excluding carboxylic acids is 1. The van der Waals surface area contributed by atoms with Crippen LogP contribution in [0.25, 0.3) is 6.08 Å². The molecule has 2 aromatic carbocycles. The van der Waals surface area contributed by atoms with Crippen LogP contribution in [0.1, 0.15) is 19.4 Å². The molecule has 3 heteroatoms. The van der Waals surface area contributed by atoms with Gasteiger partial charge in [0, 0.05) is 5.57 Å². The van der Waals surface area contributed by atoms with E-state index in [1.807, 2.05) is 36.4 Å². The third-order valence-corrected chi connectivity index (χ3v) is 2.84. The molecule has 0 aliphatic heterocycles. The Bertz CT molecular complexity index is 625. The number of rotatable bonds is 3. The van der Waals surface area contributed by atoms with Gasteiger partial charge < -0.3 is 9.84 Å². The van der Waals surface area contributed by atoms with Crippen molar-refractivity contribution in [3.63, 3.8) is 0 Å². The number of carbonyl (C=O) groups is 1. The number of phenolic OH excluding ortho intramolecular Hbond substituents is 1. The number of hydrogen-bond donors (Lipinski definition) is 1. The molecule has 0 atom stereocenters. The molecule has 0 bridgehead atoms. The zero-order valence-corrected chi connectivity index (χ0v) is 12.8. The maximum Gasteiger partial charge on any atom is 0.338 e. The van der Waals surface area contributed by atoms with E-state index in [0.29, 0.717) is 11.3 Å². The van der Waals surface area contributed by atoms with Crippen molar-refractivity contribution < 1.29 is 14.6 Å². The highest BCUT2D eigenvalue weighted by molar-refractivity contribution is 5.89. The number of allylic oxidation sites excluding steroid dienone is 1. The molecule has 0 aliphatic carbocycles. The first-order valence-electron chi connectivity index (χ1n) is 6.88. The van der Waals surface area contributed by atoms with Crippen LogP contribution in [0, 0.1) is 0 Å². The van der Waals surface area contributed by atoms with E-state index in [1.165, 1.54) is 29.8 Å². The minimum atomic E-state index is -0.377. The van der Waals surface area contributed by atoms with Crippen molar-refractivity contribution in [2.45, 2.75) is 13.8 Å². The topological polar surface area (TPSA) is 46.5 Å². The molecule has 0 spiro atoms. The van der Waals surface area contributed by atoms with Gasteiger partial charge in [-0.2, -0.15) is 0 Å². The number of aromatic hydroxyl groups is 1. The molecule has 0 unspecified atom stereocenters. The van der Waals surface area contributed by atoms with E-state index in [9.17, 15) is 4.79 Å². The molecule has 0 heterocycles. The average molecular weight is 296 g/mol. The Balaban J connectivity index is 0.000000255. The Kier molecular flexibility index (Phi) is 7.20.